The summed E-state index contributed by atoms with van der Waals surface area (Å²) in [5, 5.41) is 4.06. The molecular weight excluding hydrogens is 396 g/mol. The van der Waals surface area contributed by atoms with Crippen molar-refractivity contribution in [3.63, 3.8) is 0 Å². The zero-order valence-electron chi connectivity index (χ0n) is 15.8. The molecule has 1 fully saturated rings. The number of piperidine rings is 1. The van der Waals surface area contributed by atoms with Crippen LogP contribution in [0.15, 0.2) is 40.9 Å². The van der Waals surface area contributed by atoms with Gasteiger partial charge in [-0.3, -0.25) is 4.79 Å². The van der Waals surface area contributed by atoms with Crippen LogP contribution in [-0.4, -0.2) is 40.8 Å². The van der Waals surface area contributed by atoms with Crippen LogP contribution in [0.4, 0.5) is 8.78 Å². The minimum atomic E-state index is -0.728. The van der Waals surface area contributed by atoms with Gasteiger partial charge in [0, 0.05) is 24.6 Å². The molecule has 3 heterocycles. The first-order chi connectivity index (χ1) is 14.6. The molecule has 1 aromatic heterocycles. The number of carbonyl (C=O) groups is 1. The molecular formula is C21H17F2N3O4. The van der Waals surface area contributed by atoms with E-state index in [1.165, 1.54) is 4.90 Å². The summed E-state index contributed by atoms with van der Waals surface area (Å²) in [6, 6.07) is 8.31. The highest BCUT2D eigenvalue weighted by atomic mass is 19.1. The minimum Gasteiger partial charge on any atom is -0.454 e. The molecule has 0 bridgehead atoms. The molecule has 1 amide bonds. The Morgan fingerprint density at radius 3 is 2.67 bits per heavy atom. The molecule has 0 aliphatic carbocycles. The van der Waals surface area contributed by atoms with Crippen LogP contribution in [0.3, 0.4) is 0 Å². The van der Waals surface area contributed by atoms with Crippen LogP contribution < -0.4 is 9.47 Å². The lowest BCUT2D eigenvalue weighted by Crippen LogP contribution is -2.38. The molecule has 0 saturated carbocycles. The van der Waals surface area contributed by atoms with Gasteiger partial charge in [0.2, 0.25) is 18.5 Å². The van der Waals surface area contributed by atoms with Gasteiger partial charge >= 0.3 is 0 Å². The number of hydrogen-bond donors (Lipinski definition) is 0. The number of rotatable bonds is 3. The molecule has 2 aliphatic rings. The van der Waals surface area contributed by atoms with E-state index in [2.05, 4.69) is 10.1 Å². The second kappa shape index (κ2) is 7.40. The van der Waals surface area contributed by atoms with Gasteiger partial charge in [0.25, 0.3) is 5.91 Å². The van der Waals surface area contributed by atoms with Crippen LogP contribution in [-0.2, 0) is 0 Å². The van der Waals surface area contributed by atoms with Gasteiger partial charge in [-0.1, -0.05) is 5.16 Å². The molecule has 2 aliphatic heterocycles. The Labute approximate surface area is 170 Å². The Kier molecular flexibility index (Phi) is 4.57. The van der Waals surface area contributed by atoms with Crippen molar-refractivity contribution in [2.45, 2.75) is 18.8 Å². The van der Waals surface area contributed by atoms with E-state index in [9.17, 15) is 13.6 Å². The van der Waals surface area contributed by atoms with Crippen molar-refractivity contribution in [3.05, 3.63) is 59.5 Å². The Balaban J connectivity index is 1.26. The smallest absolute Gasteiger partial charge is 0.256 e. The summed E-state index contributed by atoms with van der Waals surface area (Å²) in [5.74, 6) is 0.351. The standard InChI is InChI=1S/C21H17F2N3O4/c22-14-2-3-16(23)15(10-14)21(27)26-7-5-12(6-8-26)20-24-19(25-30-20)13-1-4-17-18(9-13)29-11-28-17/h1-4,9-10,12H,5-8,11H2. The molecule has 9 heteroatoms. The van der Waals surface area contributed by atoms with E-state index >= 15 is 0 Å². The van der Waals surface area contributed by atoms with E-state index in [1.54, 1.807) is 12.1 Å². The summed E-state index contributed by atoms with van der Waals surface area (Å²) >= 11 is 0. The Morgan fingerprint density at radius 2 is 1.83 bits per heavy atom. The number of ether oxygens (including phenoxy) is 2. The molecule has 154 valence electrons. The van der Waals surface area contributed by atoms with Crippen molar-refractivity contribution < 1.29 is 27.6 Å². The molecule has 0 unspecified atom stereocenters. The largest absolute Gasteiger partial charge is 0.454 e. The molecule has 1 saturated heterocycles. The van der Waals surface area contributed by atoms with Gasteiger partial charge in [0.05, 0.1) is 5.56 Å². The van der Waals surface area contributed by atoms with Crippen LogP contribution >= 0.6 is 0 Å². The number of benzene rings is 2. The molecule has 0 radical (unpaired) electrons. The second-order valence-electron chi connectivity index (χ2n) is 7.21. The molecule has 0 atom stereocenters. The summed E-state index contributed by atoms with van der Waals surface area (Å²) < 4.78 is 43.4. The predicted molar refractivity (Wildman–Crippen MR) is 100 cm³/mol. The van der Waals surface area contributed by atoms with E-state index in [4.69, 9.17) is 14.0 Å². The molecule has 0 spiro atoms. The first-order valence-electron chi connectivity index (χ1n) is 9.56. The van der Waals surface area contributed by atoms with Gasteiger partial charge in [0.1, 0.15) is 11.6 Å². The number of hydrogen-bond acceptors (Lipinski definition) is 6. The van der Waals surface area contributed by atoms with Crippen molar-refractivity contribution in [1.82, 2.24) is 15.0 Å². The maximum absolute atomic E-state index is 13.9. The Bertz CT molecular complexity index is 1110. The number of aromatic nitrogens is 2. The highest BCUT2D eigenvalue weighted by molar-refractivity contribution is 5.94. The van der Waals surface area contributed by atoms with Crippen LogP contribution in [0.2, 0.25) is 0 Å². The van der Waals surface area contributed by atoms with Crippen LogP contribution in [0, 0.1) is 11.6 Å². The number of nitrogens with zero attached hydrogens (tertiary/aromatic N) is 3. The molecule has 0 N–H and O–H groups in total. The molecule has 2 aromatic carbocycles. The van der Waals surface area contributed by atoms with E-state index < -0.39 is 17.5 Å². The number of likely N-dealkylation sites (tertiary alicyclic amines) is 1. The number of amides is 1. The SMILES string of the molecule is O=C(c1cc(F)ccc1F)N1CCC(c2nc(-c3ccc4c(c3)OCO4)no2)CC1. The summed E-state index contributed by atoms with van der Waals surface area (Å²) in [5.41, 5.74) is 0.500. The second-order valence-corrected chi connectivity index (χ2v) is 7.21. The zero-order valence-corrected chi connectivity index (χ0v) is 15.8. The van der Waals surface area contributed by atoms with Gasteiger partial charge in [-0.15, -0.1) is 0 Å². The van der Waals surface area contributed by atoms with E-state index in [0.29, 0.717) is 49.1 Å². The number of fused-ring (bicyclic) bond motifs is 1. The van der Waals surface area contributed by atoms with Crippen molar-refractivity contribution in [2.75, 3.05) is 19.9 Å². The minimum absolute atomic E-state index is 0.0123. The predicted octanol–water partition coefficient (Wildman–Crippen LogP) is 3.76. The van der Waals surface area contributed by atoms with Gasteiger partial charge in [-0.2, -0.15) is 4.98 Å². The average Bonchev–Trinajstić information content (AvgIpc) is 3.44. The highest BCUT2D eigenvalue weighted by Gasteiger charge is 2.29. The van der Waals surface area contributed by atoms with Crippen LogP contribution in [0.5, 0.6) is 11.5 Å². The summed E-state index contributed by atoms with van der Waals surface area (Å²) in [6.07, 6.45) is 1.18. The lowest BCUT2D eigenvalue weighted by atomic mass is 9.96. The third kappa shape index (κ3) is 3.36. The normalized spacial score (nSPS) is 16.1. The maximum atomic E-state index is 13.9. The van der Waals surface area contributed by atoms with Crippen molar-refractivity contribution in [2.24, 2.45) is 0 Å². The number of halogens is 2. The van der Waals surface area contributed by atoms with Crippen LogP contribution in [0.25, 0.3) is 11.4 Å². The van der Waals surface area contributed by atoms with Crippen LogP contribution in [0.1, 0.15) is 35.0 Å². The van der Waals surface area contributed by atoms with E-state index in [0.717, 1.165) is 23.8 Å². The highest BCUT2D eigenvalue weighted by Crippen LogP contribution is 2.36. The fraction of sp³-hybridized carbons (Fsp3) is 0.286. The monoisotopic (exact) mass is 413 g/mol. The first-order valence-corrected chi connectivity index (χ1v) is 9.56. The van der Waals surface area contributed by atoms with E-state index in [-0.39, 0.29) is 18.3 Å². The fourth-order valence-electron chi connectivity index (χ4n) is 3.72. The number of carbonyl (C=O) groups excluding carboxylic acids is 1. The fourth-order valence-corrected chi connectivity index (χ4v) is 3.72. The van der Waals surface area contributed by atoms with Gasteiger partial charge in [-0.25, -0.2) is 8.78 Å². The summed E-state index contributed by atoms with van der Waals surface area (Å²) in [4.78, 5) is 18.6. The van der Waals surface area contributed by atoms with Gasteiger partial charge in [0.15, 0.2) is 11.5 Å². The third-order valence-electron chi connectivity index (χ3n) is 5.36. The molecule has 3 aromatic rings. The van der Waals surface area contributed by atoms with Gasteiger partial charge in [-0.05, 0) is 49.2 Å². The van der Waals surface area contributed by atoms with Crippen molar-refractivity contribution >= 4 is 5.91 Å². The zero-order chi connectivity index (χ0) is 20.7. The van der Waals surface area contributed by atoms with E-state index in [1.807, 2.05) is 6.07 Å². The quantitative estimate of drug-likeness (QED) is 0.651. The van der Waals surface area contributed by atoms with Crippen molar-refractivity contribution in [1.29, 1.82) is 0 Å². The first kappa shape index (κ1) is 18.5. The van der Waals surface area contributed by atoms with Gasteiger partial charge < -0.3 is 18.9 Å². The maximum Gasteiger partial charge on any atom is 0.256 e. The summed E-state index contributed by atoms with van der Waals surface area (Å²) in [6.45, 7) is 0.968. The lowest BCUT2D eigenvalue weighted by Gasteiger charge is -2.30. The Morgan fingerprint density at radius 1 is 1.03 bits per heavy atom. The molecule has 30 heavy (non-hydrogen) atoms. The molecule has 7 nitrogen and oxygen atoms in total. The third-order valence-corrected chi connectivity index (χ3v) is 5.36. The molecule has 5 rings (SSSR count). The summed E-state index contributed by atoms with van der Waals surface area (Å²) in [7, 11) is 0. The lowest BCUT2D eigenvalue weighted by molar-refractivity contribution is 0.0699. The van der Waals surface area contributed by atoms with Crippen molar-refractivity contribution in [3.8, 4) is 22.9 Å². The average molecular weight is 413 g/mol. The Hall–Kier alpha value is -3.49. The topological polar surface area (TPSA) is 77.7 Å².